The third-order valence-electron chi connectivity index (χ3n) is 3.44. The van der Waals surface area contributed by atoms with Crippen molar-refractivity contribution in [1.29, 1.82) is 0 Å². The molecule has 30 heavy (non-hydrogen) atoms. The van der Waals surface area contributed by atoms with Gasteiger partial charge < -0.3 is 10.4 Å². The molecule has 0 aromatic heterocycles. The Balaban J connectivity index is 2.62. The maximum absolute atomic E-state index is 13.2. The third kappa shape index (κ3) is 5.92. The number of hydrogen-bond acceptors (Lipinski definition) is 4. The van der Waals surface area contributed by atoms with Crippen molar-refractivity contribution >= 4 is 63.8 Å². The van der Waals surface area contributed by atoms with Gasteiger partial charge in [-0.3, -0.25) is 9.59 Å². The normalized spacial score (nSPS) is 14.5. The van der Waals surface area contributed by atoms with E-state index in [4.69, 9.17) is 5.11 Å². The number of carboxylic acids is 1. The Bertz CT molecular complexity index is 1170. The Labute approximate surface area is 183 Å². The second kappa shape index (κ2) is 7.17. The van der Waals surface area contributed by atoms with Crippen LogP contribution in [-0.2, 0) is 14.6 Å². The van der Waals surface area contributed by atoms with Gasteiger partial charge in [0.1, 0.15) is 11.4 Å². The number of rotatable bonds is 6. The lowest BCUT2D eigenvalue weighted by atomic mass is 10.2. The predicted octanol–water partition coefficient (Wildman–Crippen LogP) is 5.52. The van der Waals surface area contributed by atoms with Crippen molar-refractivity contribution in [2.24, 2.45) is 0 Å². The van der Waals surface area contributed by atoms with Crippen LogP contribution in [0.4, 0.5) is 19.4 Å². The van der Waals surface area contributed by atoms with Crippen LogP contribution in [0.2, 0.25) is 0 Å². The zero-order valence-electron chi connectivity index (χ0n) is 14.2. The van der Waals surface area contributed by atoms with E-state index in [2.05, 4.69) is 31.9 Å². The molecular weight excluding hydrogens is 593 g/mol. The number of carboxylic acid groups (broad SMARTS) is 1. The smallest absolute Gasteiger partial charge is 0.322 e. The highest BCUT2D eigenvalue weighted by Crippen LogP contribution is 3.02. The van der Waals surface area contributed by atoms with Crippen molar-refractivity contribution in [2.45, 2.75) is 14.7 Å². The van der Waals surface area contributed by atoms with E-state index in [1.54, 1.807) is 0 Å². The van der Waals surface area contributed by atoms with Crippen LogP contribution < -0.4 is 5.32 Å². The lowest BCUT2D eigenvalue weighted by molar-refractivity contribution is -0.135. The van der Waals surface area contributed by atoms with Gasteiger partial charge in [0.25, 0.3) is 5.91 Å². The quantitative estimate of drug-likeness (QED) is 0.424. The number of benzene rings is 2. The second-order valence-electron chi connectivity index (χ2n) is 5.85. The van der Waals surface area contributed by atoms with Crippen molar-refractivity contribution in [3.8, 4) is 0 Å². The first-order valence-electron chi connectivity index (χ1n) is 7.40. The van der Waals surface area contributed by atoms with E-state index in [0.717, 1.165) is 18.2 Å². The number of carbonyl (C=O) groups is 2. The molecule has 0 heterocycles. The van der Waals surface area contributed by atoms with Gasteiger partial charge in [0, 0.05) is 14.5 Å². The molecule has 2 aromatic carbocycles. The molecule has 0 aliphatic heterocycles. The zero-order chi connectivity index (χ0) is 23.2. The molecule has 166 valence electrons. The number of halogens is 7. The Kier molecular flexibility index (Phi) is 5.87. The summed E-state index contributed by atoms with van der Waals surface area (Å²) in [4.78, 5) is 18.4. The van der Waals surface area contributed by atoms with Crippen LogP contribution in [0.15, 0.2) is 60.0 Å². The van der Waals surface area contributed by atoms with E-state index in [-0.39, 0.29) is 22.2 Å². The predicted molar refractivity (Wildman–Crippen MR) is 105 cm³/mol. The number of sulfone groups is 1. The number of amides is 1. The summed E-state index contributed by atoms with van der Waals surface area (Å²) in [7, 11) is -15.0. The summed E-state index contributed by atoms with van der Waals surface area (Å²) < 4.78 is 90.9. The highest BCUT2D eigenvalue weighted by Gasteiger charge is 2.65. The van der Waals surface area contributed by atoms with Gasteiger partial charge in [0.05, 0.1) is 9.79 Å². The maximum Gasteiger partial charge on any atom is 0.322 e. The molecule has 2 N–H and O–H groups in total. The van der Waals surface area contributed by atoms with Crippen LogP contribution in [-0.4, -0.2) is 31.9 Å². The molecule has 15 heteroatoms. The van der Waals surface area contributed by atoms with Gasteiger partial charge in [0.2, 0.25) is 9.84 Å². The van der Waals surface area contributed by atoms with Crippen LogP contribution in [0.5, 0.6) is 0 Å². The molecule has 0 bridgehead atoms. The van der Waals surface area contributed by atoms with Crippen molar-refractivity contribution in [3.63, 3.8) is 0 Å². The highest BCUT2D eigenvalue weighted by atomic mass is 79.9. The number of aliphatic carboxylic acids is 1. The van der Waals surface area contributed by atoms with Crippen LogP contribution in [0.3, 0.4) is 0 Å². The molecule has 0 aliphatic carbocycles. The zero-order valence-corrected chi connectivity index (χ0v) is 19.0. The third-order valence-corrected chi connectivity index (χ3v) is 7.20. The lowest BCUT2D eigenvalue weighted by Gasteiger charge is -2.40. The summed E-state index contributed by atoms with van der Waals surface area (Å²) in [6, 6.07) is 3.44. The SMILES string of the molecule is O=C(O)CNC(=O)c1cc(Br)cc(S(=O)(=O)c2cc(Br)cc(S(F)(F)(F)(F)F)c2)c1. The minimum atomic E-state index is -10.2. The van der Waals surface area contributed by atoms with Gasteiger partial charge in [-0.1, -0.05) is 51.3 Å². The first-order chi connectivity index (χ1) is 13.3. The van der Waals surface area contributed by atoms with Crippen LogP contribution in [0.1, 0.15) is 10.4 Å². The second-order valence-corrected chi connectivity index (χ2v) is 12.0. The maximum atomic E-state index is 13.2. The summed E-state index contributed by atoms with van der Waals surface area (Å²) >= 11 is 5.54. The van der Waals surface area contributed by atoms with Gasteiger partial charge in [0.15, 0.2) is 0 Å². The standard InChI is InChI=1S/C15H10Br2F5NO5S2/c16-9-1-8(15(26)23-7-14(24)25)2-11(3-9)29(27,28)12-4-10(17)5-13(6-12)30(18,19,20,21)22/h1-6H,7H2,(H,23,26)(H,24,25). The van der Waals surface area contributed by atoms with E-state index < -0.39 is 57.6 Å². The van der Waals surface area contributed by atoms with Crippen LogP contribution in [0.25, 0.3) is 0 Å². The molecule has 0 saturated carbocycles. The van der Waals surface area contributed by atoms with Crippen LogP contribution >= 0.6 is 42.1 Å². The summed E-state index contributed by atoms with van der Waals surface area (Å²) in [5.41, 5.74) is -0.327. The highest BCUT2D eigenvalue weighted by molar-refractivity contribution is 9.10. The molecule has 0 aliphatic rings. The average Bonchev–Trinajstić information content (AvgIpc) is 2.56. The number of hydrogen-bond donors (Lipinski definition) is 2. The Morgan fingerprint density at radius 3 is 1.90 bits per heavy atom. The minimum Gasteiger partial charge on any atom is -0.480 e. The molecule has 0 saturated heterocycles. The molecular formula is C15H10Br2F5NO5S2. The molecule has 6 nitrogen and oxygen atoms in total. The molecule has 2 rings (SSSR count). The van der Waals surface area contributed by atoms with Crippen molar-refractivity contribution in [1.82, 2.24) is 5.32 Å². The summed E-state index contributed by atoms with van der Waals surface area (Å²) in [6.07, 6.45) is 0. The van der Waals surface area contributed by atoms with Gasteiger partial charge in [-0.15, -0.1) is 0 Å². The van der Waals surface area contributed by atoms with E-state index in [1.807, 2.05) is 5.32 Å². The summed E-state index contributed by atoms with van der Waals surface area (Å²) in [5, 5.41) is 10.6. The number of carbonyl (C=O) groups excluding carboxylic acids is 1. The summed E-state index contributed by atoms with van der Waals surface area (Å²) in [5.74, 6) is -2.35. The molecule has 2 aromatic rings. The topological polar surface area (TPSA) is 101 Å². The van der Waals surface area contributed by atoms with Gasteiger partial charge in [-0.25, -0.2) is 8.42 Å². The van der Waals surface area contributed by atoms with Crippen LogP contribution in [0, 0.1) is 0 Å². The molecule has 0 spiro atoms. The van der Waals surface area contributed by atoms with Crippen molar-refractivity contribution in [2.75, 3.05) is 6.54 Å². The summed E-state index contributed by atoms with van der Waals surface area (Å²) in [6.45, 7) is -0.772. The minimum absolute atomic E-state index is 0.0204. The fourth-order valence-electron chi connectivity index (χ4n) is 2.16. The fourth-order valence-corrected chi connectivity index (χ4v) is 5.77. The molecule has 0 radical (unpaired) electrons. The lowest BCUT2D eigenvalue weighted by Crippen LogP contribution is -2.29. The molecule has 0 atom stereocenters. The Morgan fingerprint density at radius 2 is 1.40 bits per heavy atom. The monoisotopic (exact) mass is 601 g/mol. The van der Waals surface area contributed by atoms with E-state index >= 15 is 0 Å². The van der Waals surface area contributed by atoms with Crippen molar-refractivity contribution in [3.05, 3.63) is 50.9 Å². The fraction of sp³-hybridized carbons (Fsp3) is 0.0667. The Morgan fingerprint density at radius 1 is 0.900 bits per heavy atom. The molecule has 1 amide bonds. The Hall–Kier alpha value is -1.71. The molecule has 0 fully saturated rings. The van der Waals surface area contributed by atoms with Gasteiger partial charge in [-0.05, 0) is 36.4 Å². The van der Waals surface area contributed by atoms with Crippen molar-refractivity contribution < 1.29 is 42.5 Å². The first kappa shape index (κ1) is 24.6. The number of nitrogens with one attached hydrogen (secondary N) is 1. The average molecular weight is 603 g/mol. The van der Waals surface area contributed by atoms with E-state index in [1.165, 1.54) is 0 Å². The first-order valence-corrected chi connectivity index (χ1v) is 12.4. The van der Waals surface area contributed by atoms with E-state index in [9.17, 15) is 37.4 Å². The van der Waals surface area contributed by atoms with Gasteiger partial charge in [-0.2, -0.15) is 0 Å². The molecule has 0 unspecified atom stereocenters. The van der Waals surface area contributed by atoms with E-state index in [0.29, 0.717) is 6.07 Å². The van der Waals surface area contributed by atoms with Gasteiger partial charge >= 0.3 is 16.2 Å². The largest absolute Gasteiger partial charge is 0.480 e.